The number of hydrogen-bond donors (Lipinski definition) is 3. The molecule has 2 amide bonds. The van der Waals surface area contributed by atoms with Crippen LogP contribution in [-0.4, -0.2) is 22.9 Å². The summed E-state index contributed by atoms with van der Waals surface area (Å²) in [4.78, 5) is 35.6. The number of benzene rings is 2. The van der Waals surface area contributed by atoms with Gasteiger partial charge in [-0.2, -0.15) is 0 Å². The maximum Gasteiger partial charge on any atom is 0.330 e. The van der Waals surface area contributed by atoms with Gasteiger partial charge in [-0.15, -0.1) is 0 Å². The average molecular weight is 338 g/mol. The molecular weight excluding hydrogens is 320 g/mol. The monoisotopic (exact) mass is 338 g/mol. The van der Waals surface area contributed by atoms with Crippen LogP contribution in [0.3, 0.4) is 0 Å². The Hall–Kier alpha value is -3.15. The molecule has 25 heavy (non-hydrogen) atoms. The van der Waals surface area contributed by atoms with Gasteiger partial charge in [-0.1, -0.05) is 30.3 Å². The molecule has 3 rings (SSSR count). The van der Waals surface area contributed by atoms with E-state index in [1.807, 2.05) is 0 Å². The SMILES string of the molecule is O=C1CCCc2cc(C(=O)N[C@H](C(=O)O)c3ccccc3)ccc2N1. The highest BCUT2D eigenvalue weighted by Gasteiger charge is 2.23. The van der Waals surface area contributed by atoms with Crippen LogP contribution in [0.4, 0.5) is 5.69 Å². The van der Waals surface area contributed by atoms with Crippen LogP contribution < -0.4 is 10.6 Å². The lowest BCUT2D eigenvalue weighted by molar-refractivity contribution is -0.139. The Morgan fingerprint density at radius 2 is 1.84 bits per heavy atom. The number of fused-ring (bicyclic) bond motifs is 1. The molecule has 0 saturated carbocycles. The Balaban J connectivity index is 1.82. The molecule has 0 aromatic heterocycles. The third kappa shape index (κ3) is 3.85. The van der Waals surface area contributed by atoms with Gasteiger partial charge in [0.2, 0.25) is 5.91 Å². The molecule has 1 heterocycles. The van der Waals surface area contributed by atoms with E-state index in [-0.39, 0.29) is 5.91 Å². The molecule has 1 aliphatic rings. The second-order valence-electron chi connectivity index (χ2n) is 5.93. The molecule has 0 unspecified atom stereocenters. The zero-order valence-corrected chi connectivity index (χ0v) is 13.5. The van der Waals surface area contributed by atoms with E-state index in [9.17, 15) is 19.5 Å². The summed E-state index contributed by atoms with van der Waals surface area (Å²) in [5.74, 6) is -1.62. The van der Waals surface area contributed by atoms with Crippen LogP contribution in [0.1, 0.15) is 40.4 Å². The molecule has 0 bridgehead atoms. The summed E-state index contributed by atoms with van der Waals surface area (Å²) in [5.41, 5.74) is 2.46. The van der Waals surface area contributed by atoms with Crippen LogP contribution in [0, 0.1) is 0 Å². The van der Waals surface area contributed by atoms with Gasteiger partial charge in [0.1, 0.15) is 0 Å². The number of anilines is 1. The first-order chi connectivity index (χ1) is 12.0. The molecule has 0 aliphatic carbocycles. The van der Waals surface area contributed by atoms with Crippen molar-refractivity contribution in [1.82, 2.24) is 5.32 Å². The predicted octanol–water partition coefficient (Wildman–Crippen LogP) is 2.52. The van der Waals surface area contributed by atoms with Gasteiger partial charge < -0.3 is 15.7 Å². The molecule has 0 fully saturated rings. The van der Waals surface area contributed by atoms with Crippen molar-refractivity contribution in [2.45, 2.75) is 25.3 Å². The Morgan fingerprint density at radius 1 is 1.08 bits per heavy atom. The zero-order chi connectivity index (χ0) is 17.8. The summed E-state index contributed by atoms with van der Waals surface area (Å²) in [6.07, 6.45) is 1.85. The van der Waals surface area contributed by atoms with E-state index in [0.29, 0.717) is 36.1 Å². The minimum atomic E-state index is -1.12. The standard InChI is InChI=1S/C19H18N2O4/c22-16-8-4-7-13-11-14(9-10-15(13)20-16)18(23)21-17(19(24)25)12-5-2-1-3-6-12/h1-3,5-6,9-11,17H,4,7-8H2,(H,20,22)(H,21,23)(H,24,25)/t17-/m0/s1. The first-order valence-electron chi connectivity index (χ1n) is 8.06. The Labute approximate surface area is 144 Å². The fraction of sp³-hybridized carbons (Fsp3) is 0.211. The maximum atomic E-state index is 12.5. The van der Waals surface area contributed by atoms with Crippen LogP contribution in [-0.2, 0) is 16.0 Å². The number of amides is 2. The second-order valence-corrected chi connectivity index (χ2v) is 5.93. The number of carboxylic acids is 1. The Morgan fingerprint density at radius 3 is 2.56 bits per heavy atom. The summed E-state index contributed by atoms with van der Waals surface area (Å²) in [5, 5.41) is 14.8. The largest absolute Gasteiger partial charge is 0.479 e. The molecule has 3 N–H and O–H groups in total. The van der Waals surface area contributed by atoms with Crippen LogP contribution in [0.5, 0.6) is 0 Å². The van der Waals surface area contributed by atoms with Crippen molar-refractivity contribution >= 4 is 23.5 Å². The molecule has 0 radical (unpaired) electrons. The molecule has 0 spiro atoms. The summed E-state index contributed by atoms with van der Waals surface area (Å²) >= 11 is 0. The lowest BCUT2D eigenvalue weighted by atomic mass is 10.0. The lowest BCUT2D eigenvalue weighted by Gasteiger charge is -2.16. The van der Waals surface area contributed by atoms with Crippen LogP contribution in [0.2, 0.25) is 0 Å². The summed E-state index contributed by atoms with van der Waals surface area (Å²) < 4.78 is 0. The van der Waals surface area contributed by atoms with Crippen LogP contribution >= 0.6 is 0 Å². The molecule has 2 aromatic rings. The number of carbonyl (C=O) groups excluding carboxylic acids is 2. The van der Waals surface area contributed by atoms with E-state index in [2.05, 4.69) is 10.6 Å². The number of hydrogen-bond acceptors (Lipinski definition) is 3. The van der Waals surface area contributed by atoms with E-state index in [1.54, 1.807) is 48.5 Å². The van der Waals surface area contributed by atoms with Crippen LogP contribution in [0.15, 0.2) is 48.5 Å². The molecule has 6 nitrogen and oxygen atoms in total. The highest BCUT2D eigenvalue weighted by Crippen LogP contribution is 2.24. The van der Waals surface area contributed by atoms with Crippen molar-refractivity contribution in [3.63, 3.8) is 0 Å². The van der Waals surface area contributed by atoms with Gasteiger partial charge >= 0.3 is 5.97 Å². The first-order valence-corrected chi connectivity index (χ1v) is 8.06. The summed E-state index contributed by atoms with van der Waals surface area (Å²) in [6.45, 7) is 0. The summed E-state index contributed by atoms with van der Waals surface area (Å²) in [7, 11) is 0. The number of carboxylic acid groups (broad SMARTS) is 1. The van der Waals surface area contributed by atoms with Crippen LogP contribution in [0.25, 0.3) is 0 Å². The number of carbonyl (C=O) groups is 3. The van der Waals surface area contributed by atoms with E-state index in [4.69, 9.17) is 0 Å². The molecule has 128 valence electrons. The quantitative estimate of drug-likeness (QED) is 0.798. The number of aliphatic carboxylic acids is 1. The normalized spacial score (nSPS) is 14.6. The van der Waals surface area contributed by atoms with Crippen molar-refractivity contribution in [3.8, 4) is 0 Å². The minimum Gasteiger partial charge on any atom is -0.479 e. The maximum absolute atomic E-state index is 12.5. The third-order valence-corrected chi connectivity index (χ3v) is 4.15. The van der Waals surface area contributed by atoms with Crippen molar-refractivity contribution in [3.05, 3.63) is 65.2 Å². The molecule has 2 aromatic carbocycles. The van der Waals surface area contributed by atoms with Gasteiger partial charge in [-0.05, 0) is 42.2 Å². The average Bonchev–Trinajstić information content (AvgIpc) is 2.79. The van der Waals surface area contributed by atoms with E-state index >= 15 is 0 Å². The van der Waals surface area contributed by atoms with Gasteiger partial charge in [-0.25, -0.2) is 4.79 Å². The lowest BCUT2D eigenvalue weighted by Crippen LogP contribution is -2.33. The number of rotatable bonds is 4. The van der Waals surface area contributed by atoms with Gasteiger partial charge in [0.25, 0.3) is 5.91 Å². The molecular formula is C19H18N2O4. The fourth-order valence-electron chi connectivity index (χ4n) is 2.86. The minimum absolute atomic E-state index is 0.0361. The van der Waals surface area contributed by atoms with E-state index < -0.39 is 17.9 Å². The van der Waals surface area contributed by atoms with Crippen molar-refractivity contribution < 1.29 is 19.5 Å². The Bertz CT molecular complexity index is 817. The predicted molar refractivity (Wildman–Crippen MR) is 92.3 cm³/mol. The highest BCUT2D eigenvalue weighted by atomic mass is 16.4. The zero-order valence-electron chi connectivity index (χ0n) is 13.5. The van der Waals surface area contributed by atoms with Crippen molar-refractivity contribution in [2.24, 2.45) is 0 Å². The number of nitrogens with one attached hydrogen (secondary N) is 2. The molecule has 6 heteroatoms. The number of aryl methyl sites for hydroxylation is 1. The topological polar surface area (TPSA) is 95.5 Å². The smallest absolute Gasteiger partial charge is 0.330 e. The van der Waals surface area contributed by atoms with Crippen molar-refractivity contribution in [1.29, 1.82) is 0 Å². The summed E-state index contributed by atoms with van der Waals surface area (Å²) in [6, 6.07) is 12.4. The molecule has 1 atom stereocenters. The molecule has 0 saturated heterocycles. The van der Waals surface area contributed by atoms with E-state index in [1.165, 1.54) is 0 Å². The van der Waals surface area contributed by atoms with Crippen molar-refractivity contribution in [2.75, 3.05) is 5.32 Å². The fourth-order valence-corrected chi connectivity index (χ4v) is 2.86. The highest BCUT2D eigenvalue weighted by molar-refractivity contribution is 5.98. The second kappa shape index (κ2) is 7.17. The first kappa shape index (κ1) is 16.7. The van der Waals surface area contributed by atoms with E-state index in [0.717, 1.165) is 5.56 Å². The van der Waals surface area contributed by atoms with Gasteiger partial charge in [0, 0.05) is 17.7 Å². The Kier molecular flexibility index (Phi) is 4.79. The van der Waals surface area contributed by atoms with Gasteiger partial charge in [0.05, 0.1) is 0 Å². The third-order valence-electron chi connectivity index (χ3n) is 4.15. The van der Waals surface area contributed by atoms with Gasteiger partial charge in [-0.3, -0.25) is 9.59 Å². The molecule has 1 aliphatic heterocycles. The van der Waals surface area contributed by atoms with Gasteiger partial charge in [0.15, 0.2) is 6.04 Å².